The first-order valence-corrected chi connectivity index (χ1v) is 6.49. The van der Waals surface area contributed by atoms with E-state index in [2.05, 4.69) is 28.1 Å². The van der Waals surface area contributed by atoms with Gasteiger partial charge in [0, 0.05) is 13.1 Å². The molecule has 0 unspecified atom stereocenters. The van der Waals surface area contributed by atoms with Gasteiger partial charge in [0.2, 0.25) is 0 Å². The molecular weight excluding hydrogens is 218 g/mol. The van der Waals surface area contributed by atoms with Gasteiger partial charge in [-0.15, -0.1) is 0 Å². The minimum absolute atomic E-state index is 0.645. The van der Waals surface area contributed by atoms with Crippen molar-refractivity contribution in [3.8, 4) is 0 Å². The van der Waals surface area contributed by atoms with Gasteiger partial charge in [-0.2, -0.15) is 0 Å². The predicted molar refractivity (Wildman–Crippen MR) is 69.0 cm³/mol. The minimum Gasteiger partial charge on any atom is -0.348 e. The fourth-order valence-corrected chi connectivity index (χ4v) is 3.19. The summed E-state index contributed by atoms with van der Waals surface area (Å²) in [4.78, 5) is 7.03. The Morgan fingerprint density at radius 2 is 2.31 bits per heavy atom. The molecule has 0 bridgehead atoms. The number of hydrogen-bond donors (Lipinski definition) is 1. The highest BCUT2D eigenvalue weighted by atomic mass is 32.1. The fraction of sp³-hybridized carbons (Fsp3) is 0.417. The van der Waals surface area contributed by atoms with Crippen molar-refractivity contribution < 1.29 is 0 Å². The molecule has 2 N–H and O–H groups in total. The Kier molecular flexibility index (Phi) is 2.53. The Bertz CT molecular complexity index is 461. The topological polar surface area (TPSA) is 42.1 Å². The summed E-state index contributed by atoms with van der Waals surface area (Å²) in [6, 6.07) is 8.31. The van der Waals surface area contributed by atoms with E-state index in [9.17, 15) is 0 Å². The van der Waals surface area contributed by atoms with Crippen LogP contribution in [0, 0.1) is 5.92 Å². The lowest BCUT2D eigenvalue weighted by molar-refractivity contribution is 0.602. The van der Waals surface area contributed by atoms with Crippen LogP contribution in [0.5, 0.6) is 0 Å². The highest BCUT2D eigenvalue weighted by Crippen LogP contribution is 2.31. The van der Waals surface area contributed by atoms with Crippen molar-refractivity contribution in [2.45, 2.75) is 6.42 Å². The average Bonchev–Trinajstić information content (AvgIpc) is 2.95. The maximum atomic E-state index is 5.71. The van der Waals surface area contributed by atoms with E-state index in [-0.39, 0.29) is 0 Å². The normalized spacial score (nSPS) is 20.8. The largest absolute Gasteiger partial charge is 0.348 e. The first-order valence-electron chi connectivity index (χ1n) is 5.67. The van der Waals surface area contributed by atoms with Gasteiger partial charge >= 0.3 is 0 Å². The number of nitrogens with two attached hydrogens (primary N) is 1. The number of hydrogen-bond acceptors (Lipinski definition) is 4. The minimum atomic E-state index is 0.645. The molecule has 1 fully saturated rings. The molecule has 1 aromatic heterocycles. The second-order valence-electron chi connectivity index (χ2n) is 4.30. The van der Waals surface area contributed by atoms with Gasteiger partial charge in [0.25, 0.3) is 0 Å². The van der Waals surface area contributed by atoms with Crippen molar-refractivity contribution in [2.24, 2.45) is 11.7 Å². The molecule has 1 aliphatic heterocycles. The van der Waals surface area contributed by atoms with Crippen LogP contribution >= 0.6 is 11.3 Å². The van der Waals surface area contributed by atoms with E-state index >= 15 is 0 Å². The van der Waals surface area contributed by atoms with Gasteiger partial charge in [-0.05, 0) is 31.0 Å². The summed E-state index contributed by atoms with van der Waals surface area (Å²) in [6.45, 7) is 2.96. The third-order valence-electron chi connectivity index (χ3n) is 3.17. The monoisotopic (exact) mass is 233 g/mol. The molecule has 2 aromatic rings. The lowest BCUT2D eigenvalue weighted by atomic mass is 10.1. The summed E-state index contributed by atoms with van der Waals surface area (Å²) in [5.74, 6) is 0.645. The quantitative estimate of drug-likeness (QED) is 0.863. The van der Waals surface area contributed by atoms with Crippen LogP contribution in [-0.4, -0.2) is 24.6 Å². The van der Waals surface area contributed by atoms with E-state index in [1.54, 1.807) is 11.3 Å². The van der Waals surface area contributed by atoms with E-state index < -0.39 is 0 Å². The van der Waals surface area contributed by atoms with Gasteiger partial charge < -0.3 is 10.6 Å². The van der Waals surface area contributed by atoms with Crippen LogP contribution in [-0.2, 0) is 0 Å². The zero-order valence-electron chi connectivity index (χ0n) is 9.10. The molecule has 0 amide bonds. The second kappa shape index (κ2) is 4.03. The van der Waals surface area contributed by atoms with E-state index in [4.69, 9.17) is 5.73 Å². The van der Waals surface area contributed by atoms with E-state index in [0.717, 1.165) is 30.3 Å². The van der Waals surface area contributed by atoms with E-state index in [0.29, 0.717) is 5.92 Å². The van der Waals surface area contributed by atoms with Crippen LogP contribution in [0.25, 0.3) is 10.2 Å². The maximum absolute atomic E-state index is 5.71. The summed E-state index contributed by atoms with van der Waals surface area (Å²) in [6.07, 6.45) is 1.20. The van der Waals surface area contributed by atoms with Crippen LogP contribution in [0.1, 0.15) is 6.42 Å². The standard InChI is InChI=1S/C12H15N3S/c13-7-9-5-6-15(8-9)12-14-10-3-1-2-4-11(10)16-12/h1-4,9H,5-8,13H2/t9-/m1/s1. The number of fused-ring (bicyclic) bond motifs is 1. The van der Waals surface area contributed by atoms with Gasteiger partial charge in [0.1, 0.15) is 0 Å². The molecule has 1 aliphatic rings. The zero-order chi connectivity index (χ0) is 11.0. The number of nitrogens with zero attached hydrogens (tertiary/aromatic N) is 2. The molecule has 3 rings (SSSR count). The molecule has 0 aliphatic carbocycles. The highest BCUT2D eigenvalue weighted by molar-refractivity contribution is 7.22. The fourth-order valence-electron chi connectivity index (χ4n) is 2.19. The third kappa shape index (κ3) is 1.68. The summed E-state index contributed by atoms with van der Waals surface area (Å²) in [5, 5.41) is 1.15. The number of benzene rings is 1. The van der Waals surface area contributed by atoms with Gasteiger partial charge in [-0.25, -0.2) is 4.98 Å². The molecule has 0 saturated carbocycles. The molecule has 2 heterocycles. The van der Waals surface area contributed by atoms with Gasteiger partial charge in [-0.1, -0.05) is 23.5 Å². The highest BCUT2D eigenvalue weighted by Gasteiger charge is 2.23. The maximum Gasteiger partial charge on any atom is 0.186 e. The summed E-state index contributed by atoms with van der Waals surface area (Å²) in [7, 11) is 0. The van der Waals surface area contributed by atoms with Crippen LogP contribution < -0.4 is 10.6 Å². The molecule has 84 valence electrons. The van der Waals surface area contributed by atoms with Crippen molar-refractivity contribution in [1.82, 2.24) is 4.98 Å². The first-order chi connectivity index (χ1) is 7.86. The molecule has 3 nitrogen and oxygen atoms in total. The molecule has 16 heavy (non-hydrogen) atoms. The van der Waals surface area contributed by atoms with Gasteiger partial charge in [-0.3, -0.25) is 0 Å². The van der Waals surface area contributed by atoms with Crippen molar-refractivity contribution in [2.75, 3.05) is 24.5 Å². The summed E-state index contributed by atoms with van der Waals surface area (Å²) >= 11 is 1.78. The van der Waals surface area contributed by atoms with Crippen molar-refractivity contribution in [3.63, 3.8) is 0 Å². The molecule has 0 radical (unpaired) electrons. The lowest BCUT2D eigenvalue weighted by Crippen LogP contribution is -2.22. The summed E-state index contributed by atoms with van der Waals surface area (Å²) in [5.41, 5.74) is 6.82. The zero-order valence-corrected chi connectivity index (χ0v) is 9.91. The number of anilines is 1. The number of rotatable bonds is 2. The van der Waals surface area contributed by atoms with Crippen LogP contribution in [0.3, 0.4) is 0 Å². The molecule has 1 saturated heterocycles. The Morgan fingerprint density at radius 3 is 3.06 bits per heavy atom. The number of para-hydroxylation sites is 1. The van der Waals surface area contributed by atoms with Gasteiger partial charge in [0.05, 0.1) is 10.2 Å². The third-order valence-corrected chi connectivity index (χ3v) is 4.27. The molecule has 0 spiro atoms. The van der Waals surface area contributed by atoms with E-state index in [1.165, 1.54) is 11.1 Å². The number of aromatic nitrogens is 1. The smallest absolute Gasteiger partial charge is 0.186 e. The molecule has 1 aromatic carbocycles. The lowest BCUT2D eigenvalue weighted by Gasteiger charge is -2.13. The predicted octanol–water partition coefficient (Wildman–Crippen LogP) is 2.08. The summed E-state index contributed by atoms with van der Waals surface area (Å²) < 4.78 is 1.27. The van der Waals surface area contributed by atoms with E-state index in [1.807, 2.05) is 6.07 Å². The second-order valence-corrected chi connectivity index (χ2v) is 5.31. The van der Waals surface area contributed by atoms with Gasteiger partial charge in [0.15, 0.2) is 5.13 Å². The number of thiazole rings is 1. The van der Waals surface area contributed by atoms with Crippen molar-refractivity contribution in [3.05, 3.63) is 24.3 Å². The van der Waals surface area contributed by atoms with Crippen molar-refractivity contribution in [1.29, 1.82) is 0 Å². The molecule has 1 atom stereocenters. The molecular formula is C12H15N3S. The molecule has 4 heteroatoms. The Hall–Kier alpha value is -1.13. The van der Waals surface area contributed by atoms with Crippen molar-refractivity contribution >= 4 is 26.7 Å². The Balaban J connectivity index is 1.89. The average molecular weight is 233 g/mol. The van der Waals surface area contributed by atoms with Crippen LogP contribution in [0.4, 0.5) is 5.13 Å². The Morgan fingerprint density at radius 1 is 1.44 bits per heavy atom. The first kappa shape index (κ1) is 10.1. The Labute approximate surface area is 98.9 Å². The van der Waals surface area contributed by atoms with Crippen LogP contribution in [0.15, 0.2) is 24.3 Å². The van der Waals surface area contributed by atoms with Crippen LogP contribution in [0.2, 0.25) is 0 Å². The SMILES string of the molecule is NC[C@H]1CCN(c2nc3ccccc3s2)C1.